The third-order valence-corrected chi connectivity index (χ3v) is 5.02. The van der Waals surface area contributed by atoms with Crippen molar-refractivity contribution in [2.24, 2.45) is 0 Å². The van der Waals surface area contributed by atoms with Crippen LogP contribution in [0.25, 0.3) is 11.8 Å². The highest BCUT2D eigenvalue weighted by Gasteiger charge is 2.41. The lowest BCUT2D eigenvalue weighted by Gasteiger charge is -2.18. The molecule has 1 aromatic heterocycles. The molecule has 1 aliphatic heterocycles. The van der Waals surface area contributed by atoms with Gasteiger partial charge in [-0.2, -0.15) is 0 Å². The lowest BCUT2D eigenvalue weighted by atomic mass is 10.2. The molecule has 7 nitrogen and oxygen atoms in total. The topological polar surface area (TPSA) is 77.8 Å². The average Bonchev–Trinajstić information content (AvgIpc) is 3.25. The van der Waals surface area contributed by atoms with Crippen molar-refractivity contribution >= 4 is 35.0 Å². The van der Waals surface area contributed by atoms with E-state index in [2.05, 4.69) is 4.74 Å². The van der Waals surface area contributed by atoms with Crippen LogP contribution < -0.4 is 4.74 Å². The predicted molar refractivity (Wildman–Crippen MR) is 102 cm³/mol. The molecule has 2 amide bonds. The molecule has 1 fully saturated rings. The normalized spacial score (nSPS) is 16.7. The van der Waals surface area contributed by atoms with Gasteiger partial charge in [-0.3, -0.25) is 14.5 Å². The summed E-state index contributed by atoms with van der Waals surface area (Å²) in [5, 5.41) is -0.487. The van der Waals surface area contributed by atoms with Crippen molar-refractivity contribution < 1.29 is 23.9 Å². The number of benzene rings is 1. The van der Waals surface area contributed by atoms with Gasteiger partial charge in [0.05, 0.1) is 19.1 Å². The molecule has 1 saturated heterocycles. The summed E-state index contributed by atoms with van der Waals surface area (Å²) in [5.41, 5.74) is 1.70. The number of hydrogen-bond acceptors (Lipinski definition) is 6. The van der Waals surface area contributed by atoms with Crippen LogP contribution in [0.1, 0.15) is 12.5 Å². The zero-order chi connectivity index (χ0) is 19.6. The van der Waals surface area contributed by atoms with Crippen LogP contribution in [0.2, 0.25) is 0 Å². The van der Waals surface area contributed by atoms with Crippen LogP contribution in [-0.2, 0) is 14.3 Å². The van der Waals surface area contributed by atoms with E-state index >= 15 is 0 Å². The minimum Gasteiger partial charge on any atom is -0.497 e. The van der Waals surface area contributed by atoms with E-state index in [1.807, 2.05) is 47.3 Å². The Morgan fingerprint density at radius 1 is 1.15 bits per heavy atom. The number of aromatic nitrogens is 1. The van der Waals surface area contributed by atoms with Crippen LogP contribution in [0.5, 0.6) is 5.75 Å². The molecule has 3 rings (SSSR count). The number of esters is 1. The fourth-order valence-corrected chi connectivity index (χ4v) is 3.56. The first-order valence-corrected chi connectivity index (χ1v) is 8.93. The fourth-order valence-electron chi connectivity index (χ4n) is 2.65. The predicted octanol–water partition coefficient (Wildman–Crippen LogP) is 3.08. The largest absolute Gasteiger partial charge is 0.497 e. The summed E-state index contributed by atoms with van der Waals surface area (Å²) in [6.45, 7) is 1.46. The van der Waals surface area contributed by atoms with E-state index in [1.54, 1.807) is 13.2 Å². The second kappa shape index (κ2) is 7.71. The molecular formula is C19H18N2O5S. The van der Waals surface area contributed by atoms with Gasteiger partial charge in [0.15, 0.2) is 0 Å². The molecule has 2 aromatic rings. The standard InChI is InChI=1S/C19H18N2O5S/c1-12(18(23)26-3)21-17(22)16(27-19(21)24)10-13-8-9-20(11-13)14-4-6-15(25-2)7-5-14/h4-12H,1-3H3/b16-10-. The number of amides is 2. The second-order valence-electron chi connectivity index (χ2n) is 5.80. The van der Waals surface area contributed by atoms with E-state index in [4.69, 9.17) is 4.74 Å². The van der Waals surface area contributed by atoms with Crippen molar-refractivity contribution in [2.45, 2.75) is 13.0 Å². The van der Waals surface area contributed by atoms with Gasteiger partial charge in [-0.1, -0.05) is 0 Å². The fraction of sp³-hybridized carbons (Fsp3) is 0.211. The summed E-state index contributed by atoms with van der Waals surface area (Å²) >= 11 is 0.808. The maximum absolute atomic E-state index is 12.5. The van der Waals surface area contributed by atoms with Crippen LogP contribution in [0.4, 0.5) is 4.79 Å². The first-order chi connectivity index (χ1) is 12.9. The van der Waals surface area contributed by atoms with Crippen LogP contribution in [-0.4, -0.2) is 46.8 Å². The molecule has 1 unspecified atom stereocenters. The number of imide groups is 1. The third kappa shape index (κ3) is 3.75. The van der Waals surface area contributed by atoms with Crippen LogP contribution in [0, 0.1) is 0 Å². The van der Waals surface area contributed by atoms with Crippen LogP contribution in [0.15, 0.2) is 47.6 Å². The average molecular weight is 386 g/mol. The SMILES string of the molecule is COC(=O)C(C)N1C(=O)S/C(=C\c2ccn(-c3ccc(OC)cc3)c2)C1=O. The molecule has 1 atom stereocenters. The summed E-state index contributed by atoms with van der Waals surface area (Å²) in [6, 6.07) is 8.41. The summed E-state index contributed by atoms with van der Waals surface area (Å²) in [4.78, 5) is 37.5. The molecule has 2 heterocycles. The molecule has 0 spiro atoms. The minimum absolute atomic E-state index is 0.267. The molecule has 27 heavy (non-hydrogen) atoms. The number of ether oxygens (including phenoxy) is 2. The summed E-state index contributed by atoms with van der Waals surface area (Å²) < 4.78 is 11.7. The van der Waals surface area contributed by atoms with E-state index in [9.17, 15) is 14.4 Å². The van der Waals surface area contributed by atoms with Crippen molar-refractivity contribution in [2.75, 3.05) is 14.2 Å². The number of carbonyl (C=O) groups excluding carboxylic acids is 3. The van der Waals surface area contributed by atoms with Gasteiger partial charge in [0, 0.05) is 18.1 Å². The Labute approximate surface area is 160 Å². The highest BCUT2D eigenvalue weighted by molar-refractivity contribution is 8.18. The van der Waals surface area contributed by atoms with E-state index in [0.29, 0.717) is 0 Å². The maximum Gasteiger partial charge on any atom is 0.328 e. The molecule has 1 aromatic carbocycles. The Kier molecular flexibility index (Phi) is 5.36. The van der Waals surface area contributed by atoms with Gasteiger partial charge in [-0.15, -0.1) is 0 Å². The summed E-state index contributed by atoms with van der Waals surface area (Å²) in [7, 11) is 2.83. The Morgan fingerprint density at radius 2 is 1.85 bits per heavy atom. The first-order valence-electron chi connectivity index (χ1n) is 8.12. The molecular weight excluding hydrogens is 368 g/mol. The van der Waals surface area contributed by atoms with Gasteiger partial charge in [0.25, 0.3) is 11.1 Å². The van der Waals surface area contributed by atoms with Gasteiger partial charge in [0.2, 0.25) is 0 Å². The monoisotopic (exact) mass is 386 g/mol. The van der Waals surface area contributed by atoms with Crippen molar-refractivity contribution in [3.63, 3.8) is 0 Å². The third-order valence-electron chi connectivity index (χ3n) is 4.14. The summed E-state index contributed by atoms with van der Waals surface area (Å²) in [5.74, 6) is -0.371. The van der Waals surface area contributed by atoms with E-state index in [1.165, 1.54) is 14.0 Å². The Morgan fingerprint density at radius 3 is 2.48 bits per heavy atom. The van der Waals surface area contributed by atoms with Gasteiger partial charge in [-0.25, -0.2) is 4.79 Å². The molecule has 8 heteroatoms. The van der Waals surface area contributed by atoms with Crippen LogP contribution >= 0.6 is 11.8 Å². The highest BCUT2D eigenvalue weighted by atomic mass is 32.2. The smallest absolute Gasteiger partial charge is 0.328 e. The Bertz CT molecular complexity index is 916. The quantitative estimate of drug-likeness (QED) is 0.581. The van der Waals surface area contributed by atoms with Gasteiger partial charge in [0.1, 0.15) is 11.8 Å². The zero-order valence-electron chi connectivity index (χ0n) is 15.0. The molecule has 0 radical (unpaired) electrons. The van der Waals surface area contributed by atoms with Crippen molar-refractivity contribution in [3.05, 3.63) is 53.2 Å². The lowest BCUT2D eigenvalue weighted by molar-refractivity contribution is -0.148. The Hall–Kier alpha value is -3.00. The van der Waals surface area contributed by atoms with E-state index in [-0.39, 0.29) is 4.91 Å². The van der Waals surface area contributed by atoms with Crippen molar-refractivity contribution in [1.29, 1.82) is 0 Å². The van der Waals surface area contributed by atoms with E-state index in [0.717, 1.165) is 33.7 Å². The number of carbonyl (C=O) groups is 3. The minimum atomic E-state index is -0.961. The number of nitrogens with zero attached hydrogens (tertiary/aromatic N) is 2. The molecule has 140 valence electrons. The van der Waals surface area contributed by atoms with E-state index < -0.39 is 23.2 Å². The molecule has 0 N–H and O–H groups in total. The number of hydrogen-bond donors (Lipinski definition) is 0. The molecule has 0 saturated carbocycles. The van der Waals surface area contributed by atoms with Crippen LogP contribution in [0.3, 0.4) is 0 Å². The number of thioether (sulfide) groups is 1. The van der Waals surface area contributed by atoms with Crippen molar-refractivity contribution in [1.82, 2.24) is 9.47 Å². The number of rotatable bonds is 5. The van der Waals surface area contributed by atoms with Gasteiger partial charge >= 0.3 is 5.97 Å². The molecule has 0 bridgehead atoms. The summed E-state index contributed by atoms with van der Waals surface area (Å²) in [6.07, 6.45) is 5.34. The lowest BCUT2D eigenvalue weighted by Crippen LogP contribution is -2.42. The number of methoxy groups -OCH3 is 2. The Balaban J connectivity index is 1.81. The van der Waals surface area contributed by atoms with Gasteiger partial charge < -0.3 is 14.0 Å². The zero-order valence-corrected chi connectivity index (χ0v) is 15.9. The maximum atomic E-state index is 12.5. The highest BCUT2D eigenvalue weighted by Crippen LogP contribution is 2.34. The molecule has 1 aliphatic rings. The molecule has 0 aliphatic carbocycles. The first kappa shape index (κ1) is 18.8. The second-order valence-corrected chi connectivity index (χ2v) is 6.79. The van der Waals surface area contributed by atoms with Gasteiger partial charge in [-0.05, 0) is 60.7 Å². The van der Waals surface area contributed by atoms with Crippen molar-refractivity contribution in [3.8, 4) is 11.4 Å².